The van der Waals surface area contributed by atoms with Gasteiger partial charge in [-0.15, -0.1) is 0 Å². The third kappa shape index (κ3) is 3.33. The van der Waals surface area contributed by atoms with Gasteiger partial charge in [-0.2, -0.15) is 0 Å². The number of ether oxygens (including phenoxy) is 2. The Hall–Kier alpha value is -2.53. The number of aryl methyl sites for hydroxylation is 1. The molecule has 0 saturated heterocycles. The first-order valence-electron chi connectivity index (χ1n) is 8.68. The number of rotatable bonds is 5. The molecule has 2 aromatic carbocycles. The Morgan fingerprint density at radius 3 is 2.88 bits per heavy atom. The zero-order chi connectivity index (χ0) is 17.2. The molecule has 0 aliphatic carbocycles. The number of hydrogen-bond acceptors (Lipinski definition) is 4. The van der Waals surface area contributed by atoms with Crippen molar-refractivity contribution in [3.05, 3.63) is 53.1 Å². The summed E-state index contributed by atoms with van der Waals surface area (Å²) in [5, 5.41) is 6.36. The van der Waals surface area contributed by atoms with Gasteiger partial charge < -0.3 is 20.1 Å². The van der Waals surface area contributed by atoms with Crippen LogP contribution in [-0.2, 0) is 24.2 Å². The Labute approximate surface area is 147 Å². The van der Waals surface area contributed by atoms with Gasteiger partial charge in [0.2, 0.25) is 5.91 Å². The van der Waals surface area contributed by atoms with Crippen molar-refractivity contribution in [2.45, 2.75) is 31.9 Å². The van der Waals surface area contributed by atoms with E-state index in [4.69, 9.17) is 9.47 Å². The Morgan fingerprint density at radius 2 is 2.08 bits per heavy atom. The van der Waals surface area contributed by atoms with Crippen LogP contribution in [0.2, 0.25) is 0 Å². The molecule has 1 atom stereocenters. The highest BCUT2D eigenvalue weighted by Gasteiger charge is 2.28. The summed E-state index contributed by atoms with van der Waals surface area (Å²) >= 11 is 0. The van der Waals surface area contributed by atoms with Crippen LogP contribution in [0.5, 0.6) is 11.5 Å². The number of methoxy groups -OCH3 is 1. The third-order valence-electron chi connectivity index (χ3n) is 4.83. The van der Waals surface area contributed by atoms with Crippen LogP contribution >= 0.6 is 0 Å². The molecule has 0 fully saturated rings. The third-order valence-corrected chi connectivity index (χ3v) is 4.83. The molecule has 0 unspecified atom stereocenters. The van der Waals surface area contributed by atoms with Gasteiger partial charge in [-0.3, -0.25) is 4.79 Å². The fourth-order valence-corrected chi connectivity index (χ4v) is 3.47. The smallest absolute Gasteiger partial charge is 0.229 e. The van der Waals surface area contributed by atoms with Crippen LogP contribution in [0.3, 0.4) is 0 Å². The van der Waals surface area contributed by atoms with Gasteiger partial charge in [-0.05, 0) is 42.2 Å². The van der Waals surface area contributed by atoms with Crippen molar-refractivity contribution in [3.63, 3.8) is 0 Å². The molecule has 2 N–H and O–H groups in total. The molecular formula is C20H22N2O3. The second kappa shape index (κ2) is 6.76. The Bertz CT molecular complexity index is 786. The molecule has 0 aromatic heterocycles. The lowest BCUT2D eigenvalue weighted by atomic mass is 9.97. The maximum Gasteiger partial charge on any atom is 0.229 e. The monoisotopic (exact) mass is 338 g/mol. The topological polar surface area (TPSA) is 59.6 Å². The summed E-state index contributed by atoms with van der Waals surface area (Å²) in [6.07, 6.45) is 2.53. The van der Waals surface area contributed by atoms with Crippen molar-refractivity contribution >= 4 is 11.6 Å². The Balaban J connectivity index is 1.36. The summed E-state index contributed by atoms with van der Waals surface area (Å²) < 4.78 is 11.4. The molecule has 0 bridgehead atoms. The van der Waals surface area contributed by atoms with E-state index in [0.29, 0.717) is 6.42 Å². The Kier molecular flexibility index (Phi) is 4.32. The number of fused-ring (bicyclic) bond motifs is 3. The molecule has 5 nitrogen and oxygen atoms in total. The van der Waals surface area contributed by atoms with Crippen molar-refractivity contribution < 1.29 is 14.3 Å². The minimum Gasteiger partial charge on any atom is -0.497 e. The van der Waals surface area contributed by atoms with E-state index in [9.17, 15) is 4.79 Å². The van der Waals surface area contributed by atoms with E-state index in [1.165, 1.54) is 11.1 Å². The molecule has 0 spiro atoms. The fourth-order valence-electron chi connectivity index (χ4n) is 3.47. The number of hydrogen-bond donors (Lipinski definition) is 2. The zero-order valence-electron chi connectivity index (χ0n) is 14.3. The molecule has 2 aliphatic heterocycles. The average Bonchev–Trinajstić information content (AvgIpc) is 3.03. The first kappa shape index (κ1) is 16.0. The molecule has 0 saturated carbocycles. The van der Waals surface area contributed by atoms with E-state index in [0.717, 1.165) is 48.7 Å². The van der Waals surface area contributed by atoms with Gasteiger partial charge in [0.05, 0.1) is 13.5 Å². The van der Waals surface area contributed by atoms with Crippen LogP contribution in [-0.4, -0.2) is 25.7 Å². The number of benzene rings is 2. The second-order valence-electron chi connectivity index (χ2n) is 6.56. The summed E-state index contributed by atoms with van der Waals surface area (Å²) in [7, 11) is 1.67. The van der Waals surface area contributed by atoms with Crippen molar-refractivity contribution in [1.82, 2.24) is 5.32 Å². The minimum absolute atomic E-state index is 0.0479. The van der Waals surface area contributed by atoms with Gasteiger partial charge in [0.25, 0.3) is 0 Å². The lowest BCUT2D eigenvalue weighted by Gasteiger charge is -2.28. The van der Waals surface area contributed by atoms with Gasteiger partial charge in [0, 0.05) is 24.3 Å². The van der Waals surface area contributed by atoms with Gasteiger partial charge in [0.15, 0.2) is 0 Å². The van der Waals surface area contributed by atoms with Crippen molar-refractivity contribution in [2.75, 3.05) is 19.0 Å². The van der Waals surface area contributed by atoms with Gasteiger partial charge in [-0.1, -0.05) is 18.2 Å². The van der Waals surface area contributed by atoms with E-state index < -0.39 is 0 Å². The van der Waals surface area contributed by atoms with Crippen molar-refractivity contribution in [1.29, 1.82) is 0 Å². The van der Waals surface area contributed by atoms with E-state index in [1.54, 1.807) is 7.11 Å². The van der Waals surface area contributed by atoms with Crippen LogP contribution in [0.1, 0.15) is 23.1 Å². The molecule has 4 rings (SSSR count). The van der Waals surface area contributed by atoms with Gasteiger partial charge in [0.1, 0.15) is 17.6 Å². The minimum atomic E-state index is 0.0479. The van der Waals surface area contributed by atoms with Gasteiger partial charge in [-0.25, -0.2) is 0 Å². The van der Waals surface area contributed by atoms with Crippen LogP contribution in [0.25, 0.3) is 0 Å². The lowest BCUT2D eigenvalue weighted by molar-refractivity contribution is -0.115. The highest BCUT2D eigenvalue weighted by atomic mass is 16.5. The van der Waals surface area contributed by atoms with E-state index in [-0.39, 0.29) is 12.0 Å². The number of carbonyl (C=O) groups is 1. The fraction of sp³-hybridized carbons (Fsp3) is 0.350. The average molecular weight is 338 g/mol. The molecule has 2 aromatic rings. The highest BCUT2D eigenvalue weighted by Crippen LogP contribution is 2.38. The maximum absolute atomic E-state index is 11.7. The van der Waals surface area contributed by atoms with Crippen LogP contribution in [0.4, 0.5) is 5.69 Å². The summed E-state index contributed by atoms with van der Waals surface area (Å²) in [4.78, 5) is 11.7. The zero-order valence-corrected chi connectivity index (χ0v) is 14.3. The maximum atomic E-state index is 11.7. The number of anilines is 1. The molecule has 25 heavy (non-hydrogen) atoms. The van der Waals surface area contributed by atoms with Gasteiger partial charge >= 0.3 is 0 Å². The number of amides is 1. The first-order chi connectivity index (χ1) is 12.2. The molecule has 2 aliphatic rings. The first-order valence-corrected chi connectivity index (χ1v) is 8.68. The second-order valence-corrected chi connectivity index (χ2v) is 6.56. The number of nitrogens with one attached hydrogen (secondary N) is 2. The van der Waals surface area contributed by atoms with Crippen LogP contribution in [0, 0.1) is 0 Å². The predicted molar refractivity (Wildman–Crippen MR) is 96.2 cm³/mol. The van der Waals surface area contributed by atoms with Crippen molar-refractivity contribution in [2.24, 2.45) is 0 Å². The van der Waals surface area contributed by atoms with E-state index in [1.807, 2.05) is 18.2 Å². The molecule has 5 heteroatoms. The van der Waals surface area contributed by atoms with Crippen LogP contribution in [0.15, 0.2) is 36.4 Å². The summed E-state index contributed by atoms with van der Waals surface area (Å²) in [5.41, 5.74) is 4.34. The largest absolute Gasteiger partial charge is 0.497 e. The molecule has 2 heterocycles. The normalized spacial score (nSPS) is 18.1. The lowest BCUT2D eigenvalue weighted by Crippen LogP contribution is -2.34. The van der Waals surface area contributed by atoms with Crippen molar-refractivity contribution in [3.8, 4) is 11.5 Å². The molecule has 1 amide bonds. The highest BCUT2D eigenvalue weighted by molar-refractivity contribution is 6.00. The predicted octanol–water partition coefficient (Wildman–Crippen LogP) is 2.67. The summed E-state index contributed by atoms with van der Waals surface area (Å²) in [6, 6.07) is 12.1. The quantitative estimate of drug-likeness (QED) is 0.880. The molecule has 0 radical (unpaired) electrons. The van der Waals surface area contributed by atoms with E-state index >= 15 is 0 Å². The van der Waals surface area contributed by atoms with Crippen LogP contribution < -0.4 is 20.1 Å². The molecule has 130 valence electrons. The SMILES string of the molecule is COc1ccc(CNC[C@H]2CCc3ccc4c(c3O2)CC(=O)N4)cc1. The molecular weight excluding hydrogens is 316 g/mol. The summed E-state index contributed by atoms with van der Waals surface area (Å²) in [5.74, 6) is 1.83. The number of carbonyl (C=O) groups excluding carboxylic acids is 1. The van der Waals surface area contributed by atoms with E-state index in [2.05, 4.69) is 28.8 Å². The Morgan fingerprint density at radius 1 is 1.24 bits per heavy atom. The summed E-state index contributed by atoms with van der Waals surface area (Å²) in [6.45, 7) is 1.58. The standard InChI is InChI=1S/C20H22N2O3/c1-24-15-6-2-13(3-7-15)11-21-12-16-8-4-14-5-9-18-17(20(14)25-16)10-19(23)22-18/h2-3,5-7,9,16,21H,4,8,10-12H2,1H3,(H,22,23)/t16-/m1/s1.